The maximum Gasteiger partial charge on any atom is 0.350 e. The fourth-order valence-corrected chi connectivity index (χ4v) is 5.58. The van der Waals surface area contributed by atoms with Crippen molar-refractivity contribution in [1.82, 2.24) is 4.98 Å². The van der Waals surface area contributed by atoms with Crippen LogP contribution in [0.2, 0.25) is 0 Å². The number of Topliss-reactive ketones (excluding diaryl/α,β-unsaturated/α-hetero) is 1. The number of benzene rings is 2. The average Bonchev–Trinajstić information content (AvgIpc) is 3.42. The molecule has 3 aromatic rings. The number of aliphatic hydroxyl groups excluding tert-OH is 1. The normalized spacial score (nSPS) is 16.8. The molecule has 1 aliphatic heterocycles. The molecule has 0 unspecified atom stereocenters. The van der Waals surface area contributed by atoms with E-state index in [9.17, 15) is 19.5 Å². The minimum atomic E-state index is -0.971. The lowest BCUT2D eigenvalue weighted by Gasteiger charge is -2.25. The minimum Gasteiger partial charge on any atom is -0.507 e. The van der Waals surface area contributed by atoms with Gasteiger partial charge >= 0.3 is 11.9 Å². The Kier molecular flexibility index (Phi) is 7.98. The van der Waals surface area contributed by atoms with Gasteiger partial charge in [-0.3, -0.25) is 14.5 Å². The standard InChI is InChI=1S/C31H32N2O6S/c1-8-15-39-21-13-14-22(17(2)16-21)25(34)23-24(19-9-11-20(12-10-19)31(4,5)6)33(28(36)26(23)35)30-32-18(3)27(40-30)29(37)38-7/h8-14,16,24,34H,1,15H2,2-7H3/t24-/m1/s1. The number of methoxy groups -OCH3 is 1. The van der Waals surface area contributed by atoms with Crippen molar-refractivity contribution in [3.05, 3.63) is 93.5 Å². The second kappa shape index (κ2) is 11.1. The molecule has 1 atom stereocenters. The molecule has 40 heavy (non-hydrogen) atoms. The summed E-state index contributed by atoms with van der Waals surface area (Å²) in [5.74, 6) is -2.00. The van der Waals surface area contributed by atoms with Gasteiger partial charge in [-0.25, -0.2) is 9.78 Å². The molecule has 1 fully saturated rings. The molecule has 2 aromatic carbocycles. The lowest BCUT2D eigenvalue weighted by molar-refractivity contribution is -0.132. The highest BCUT2D eigenvalue weighted by Gasteiger charge is 2.48. The average molecular weight is 561 g/mol. The molecule has 1 amide bonds. The third kappa shape index (κ3) is 5.29. The summed E-state index contributed by atoms with van der Waals surface area (Å²) in [4.78, 5) is 45.3. The van der Waals surface area contributed by atoms with Gasteiger partial charge in [0.05, 0.1) is 24.4 Å². The maximum atomic E-state index is 13.6. The monoisotopic (exact) mass is 560 g/mol. The van der Waals surface area contributed by atoms with E-state index in [2.05, 4.69) is 32.3 Å². The van der Waals surface area contributed by atoms with Gasteiger partial charge in [-0.1, -0.05) is 69.0 Å². The van der Waals surface area contributed by atoms with Crippen LogP contribution in [-0.2, 0) is 19.7 Å². The SMILES string of the molecule is C=CCOc1ccc(C(O)=C2C(=O)C(=O)N(c3nc(C)c(C(=O)OC)s3)[C@@H]2c2ccc(C(C)(C)C)cc2)c(C)c1. The van der Waals surface area contributed by atoms with Crippen LogP contribution >= 0.6 is 11.3 Å². The molecule has 0 spiro atoms. The van der Waals surface area contributed by atoms with Crippen molar-refractivity contribution in [3.8, 4) is 5.75 Å². The zero-order valence-electron chi connectivity index (χ0n) is 23.4. The summed E-state index contributed by atoms with van der Waals surface area (Å²) in [5, 5.41) is 11.7. The number of ketones is 1. The predicted octanol–water partition coefficient (Wildman–Crippen LogP) is 6.04. The van der Waals surface area contributed by atoms with Crippen molar-refractivity contribution in [3.63, 3.8) is 0 Å². The number of aromatic nitrogens is 1. The zero-order chi connectivity index (χ0) is 29.4. The van der Waals surface area contributed by atoms with Crippen LogP contribution in [0.15, 0.2) is 60.7 Å². The lowest BCUT2D eigenvalue weighted by atomic mass is 9.85. The number of aliphatic hydroxyl groups is 1. The van der Waals surface area contributed by atoms with E-state index < -0.39 is 23.7 Å². The lowest BCUT2D eigenvalue weighted by Crippen LogP contribution is -2.29. The highest BCUT2D eigenvalue weighted by atomic mass is 32.1. The number of hydrogen-bond acceptors (Lipinski definition) is 8. The van der Waals surface area contributed by atoms with E-state index in [1.165, 1.54) is 12.0 Å². The van der Waals surface area contributed by atoms with Crippen LogP contribution in [0, 0.1) is 13.8 Å². The highest BCUT2D eigenvalue weighted by molar-refractivity contribution is 7.17. The molecule has 2 heterocycles. The van der Waals surface area contributed by atoms with Crippen molar-refractivity contribution in [1.29, 1.82) is 0 Å². The third-order valence-electron chi connectivity index (χ3n) is 6.72. The summed E-state index contributed by atoms with van der Waals surface area (Å²) >= 11 is 0.962. The van der Waals surface area contributed by atoms with E-state index in [0.717, 1.165) is 16.9 Å². The van der Waals surface area contributed by atoms with Crippen molar-refractivity contribution in [2.75, 3.05) is 18.6 Å². The van der Waals surface area contributed by atoms with Crippen LogP contribution in [0.25, 0.3) is 5.76 Å². The van der Waals surface area contributed by atoms with Crippen molar-refractivity contribution >= 4 is 39.9 Å². The summed E-state index contributed by atoms with van der Waals surface area (Å²) in [6.45, 7) is 13.7. The molecule has 0 bridgehead atoms. The van der Waals surface area contributed by atoms with Crippen LogP contribution in [0.3, 0.4) is 0 Å². The summed E-state index contributed by atoms with van der Waals surface area (Å²) in [6.07, 6.45) is 1.63. The predicted molar refractivity (Wildman–Crippen MR) is 155 cm³/mol. The molecule has 208 valence electrons. The Labute approximate surface area is 237 Å². The van der Waals surface area contributed by atoms with E-state index >= 15 is 0 Å². The molecule has 9 heteroatoms. The van der Waals surface area contributed by atoms with Crippen molar-refractivity contribution in [2.45, 2.75) is 46.1 Å². The summed E-state index contributed by atoms with van der Waals surface area (Å²) in [7, 11) is 1.26. The van der Waals surface area contributed by atoms with Crippen LogP contribution in [0.4, 0.5) is 5.13 Å². The maximum absolute atomic E-state index is 13.6. The van der Waals surface area contributed by atoms with Gasteiger partial charge in [-0.05, 0) is 54.2 Å². The quantitative estimate of drug-likeness (QED) is 0.124. The van der Waals surface area contributed by atoms with E-state index in [-0.39, 0.29) is 26.8 Å². The first kappa shape index (κ1) is 28.8. The first-order chi connectivity index (χ1) is 18.9. The van der Waals surface area contributed by atoms with Crippen molar-refractivity contribution < 1.29 is 29.0 Å². The zero-order valence-corrected chi connectivity index (χ0v) is 24.2. The van der Waals surface area contributed by atoms with E-state index in [1.807, 2.05) is 24.3 Å². The van der Waals surface area contributed by atoms with E-state index in [1.54, 1.807) is 38.1 Å². The molecule has 0 aliphatic carbocycles. The largest absolute Gasteiger partial charge is 0.507 e. The second-order valence-corrected chi connectivity index (χ2v) is 11.5. The van der Waals surface area contributed by atoms with Gasteiger partial charge in [0.2, 0.25) is 0 Å². The minimum absolute atomic E-state index is 0.0659. The van der Waals surface area contributed by atoms with Gasteiger partial charge < -0.3 is 14.6 Å². The van der Waals surface area contributed by atoms with Gasteiger partial charge in [-0.15, -0.1) is 0 Å². The van der Waals surface area contributed by atoms with Crippen LogP contribution in [-0.4, -0.2) is 41.5 Å². The number of thiazole rings is 1. The second-order valence-electron chi connectivity index (χ2n) is 10.5. The molecular formula is C31H32N2O6S. The fourth-order valence-electron chi connectivity index (χ4n) is 4.57. The molecule has 8 nitrogen and oxygen atoms in total. The van der Waals surface area contributed by atoms with Gasteiger partial charge in [0.15, 0.2) is 5.13 Å². The van der Waals surface area contributed by atoms with Gasteiger partial charge in [-0.2, -0.15) is 0 Å². The number of ether oxygens (including phenoxy) is 2. The Morgan fingerprint density at radius 3 is 2.40 bits per heavy atom. The Morgan fingerprint density at radius 2 is 1.82 bits per heavy atom. The Hall–Kier alpha value is -4.24. The number of carbonyl (C=O) groups excluding carboxylic acids is 3. The van der Waals surface area contributed by atoms with E-state index in [4.69, 9.17) is 9.47 Å². The molecular weight excluding hydrogens is 528 g/mol. The molecule has 1 aromatic heterocycles. The molecule has 1 N–H and O–H groups in total. The Morgan fingerprint density at radius 1 is 1.15 bits per heavy atom. The summed E-state index contributed by atoms with van der Waals surface area (Å²) in [5.41, 5.74) is 2.93. The van der Waals surface area contributed by atoms with Crippen LogP contribution in [0.5, 0.6) is 5.75 Å². The Balaban J connectivity index is 1.91. The number of aryl methyl sites for hydroxylation is 2. The smallest absolute Gasteiger partial charge is 0.350 e. The molecule has 4 rings (SSSR count). The third-order valence-corrected chi connectivity index (χ3v) is 7.86. The van der Waals surface area contributed by atoms with Crippen LogP contribution in [0.1, 0.15) is 64.4 Å². The van der Waals surface area contributed by atoms with Crippen molar-refractivity contribution in [2.24, 2.45) is 0 Å². The first-order valence-electron chi connectivity index (χ1n) is 12.7. The Bertz CT molecular complexity index is 1530. The number of amides is 1. The summed E-state index contributed by atoms with van der Waals surface area (Å²) < 4.78 is 10.4. The van der Waals surface area contributed by atoms with E-state index in [0.29, 0.717) is 34.7 Å². The van der Waals surface area contributed by atoms with Gasteiger partial charge in [0.25, 0.3) is 5.78 Å². The van der Waals surface area contributed by atoms with Gasteiger partial charge in [0.1, 0.15) is 23.0 Å². The number of rotatable bonds is 7. The first-order valence-corrected chi connectivity index (χ1v) is 13.5. The number of hydrogen-bond donors (Lipinski definition) is 1. The van der Waals surface area contributed by atoms with Crippen LogP contribution < -0.4 is 9.64 Å². The molecule has 1 saturated heterocycles. The fraction of sp³-hybridized carbons (Fsp3) is 0.290. The number of carbonyl (C=O) groups is 3. The summed E-state index contributed by atoms with van der Waals surface area (Å²) in [6, 6.07) is 11.7. The van der Waals surface area contributed by atoms with Gasteiger partial charge in [0, 0.05) is 5.56 Å². The number of anilines is 1. The number of nitrogens with zero attached hydrogens (tertiary/aromatic N) is 2. The highest BCUT2D eigenvalue weighted by Crippen LogP contribution is 2.44. The topological polar surface area (TPSA) is 106 Å². The number of esters is 1. The molecule has 1 aliphatic rings. The molecule has 0 saturated carbocycles. The molecule has 0 radical (unpaired) electrons.